The summed E-state index contributed by atoms with van der Waals surface area (Å²) < 4.78 is 6.14. The number of hydrogen-bond donors (Lipinski definition) is 1. The van der Waals surface area contributed by atoms with Gasteiger partial charge in [-0.3, -0.25) is 0 Å². The van der Waals surface area contributed by atoms with Crippen molar-refractivity contribution in [3.05, 3.63) is 76.3 Å². The van der Waals surface area contributed by atoms with E-state index in [0.717, 1.165) is 15.6 Å². The van der Waals surface area contributed by atoms with Gasteiger partial charge in [0.1, 0.15) is 6.61 Å². The lowest BCUT2D eigenvalue weighted by Crippen LogP contribution is -2.24. The molecule has 0 saturated carbocycles. The van der Waals surface area contributed by atoms with Crippen molar-refractivity contribution in [1.82, 2.24) is 5.32 Å². The molecule has 3 nitrogen and oxygen atoms in total. The van der Waals surface area contributed by atoms with Gasteiger partial charge in [-0.1, -0.05) is 70.5 Å². The van der Waals surface area contributed by atoms with Crippen LogP contribution in [0.5, 0.6) is 0 Å². The second-order valence-corrected chi connectivity index (χ2v) is 5.32. The molecule has 0 atom stereocenters. The first-order chi connectivity index (χ1) is 10.2. The van der Waals surface area contributed by atoms with Crippen molar-refractivity contribution in [1.29, 1.82) is 0 Å². The van der Waals surface area contributed by atoms with E-state index in [4.69, 9.17) is 4.74 Å². The van der Waals surface area contributed by atoms with Gasteiger partial charge in [0, 0.05) is 11.0 Å². The molecule has 1 amide bonds. The van der Waals surface area contributed by atoms with Crippen molar-refractivity contribution in [2.45, 2.75) is 6.61 Å². The second kappa shape index (κ2) is 8.27. The summed E-state index contributed by atoms with van der Waals surface area (Å²) in [4.78, 5) is 11.5. The van der Waals surface area contributed by atoms with E-state index in [9.17, 15) is 4.79 Å². The van der Waals surface area contributed by atoms with Crippen LogP contribution in [-0.4, -0.2) is 12.6 Å². The molecule has 21 heavy (non-hydrogen) atoms. The van der Waals surface area contributed by atoms with Gasteiger partial charge in [0.25, 0.3) is 0 Å². The zero-order valence-electron chi connectivity index (χ0n) is 11.5. The van der Waals surface area contributed by atoms with Gasteiger partial charge in [-0.05, 0) is 23.3 Å². The minimum atomic E-state index is -0.419. The maximum atomic E-state index is 11.5. The van der Waals surface area contributed by atoms with E-state index in [2.05, 4.69) is 21.2 Å². The molecule has 0 bridgehead atoms. The summed E-state index contributed by atoms with van der Waals surface area (Å²) in [6, 6.07) is 17.5. The lowest BCUT2D eigenvalue weighted by Gasteiger charge is -2.05. The molecule has 4 heteroatoms. The second-order valence-electron chi connectivity index (χ2n) is 4.40. The van der Waals surface area contributed by atoms with Crippen LogP contribution in [0.15, 0.2) is 65.1 Å². The van der Waals surface area contributed by atoms with Crippen LogP contribution in [0.2, 0.25) is 0 Å². The molecular formula is C17H16BrNO2. The van der Waals surface area contributed by atoms with E-state index < -0.39 is 6.09 Å². The Morgan fingerprint density at radius 1 is 1.14 bits per heavy atom. The molecule has 1 N–H and O–H groups in total. The first kappa shape index (κ1) is 15.3. The van der Waals surface area contributed by atoms with Crippen molar-refractivity contribution < 1.29 is 9.53 Å². The molecule has 0 aromatic heterocycles. The Morgan fingerprint density at radius 3 is 2.71 bits per heavy atom. The highest BCUT2D eigenvalue weighted by Gasteiger charge is 2.00. The standard InChI is InChI=1S/C17H16BrNO2/c18-16-10-4-8-14(12-16)9-5-11-19-17(20)21-13-15-6-2-1-3-7-15/h1-10,12H,11,13H2,(H,19,20). The Labute approximate surface area is 132 Å². The average Bonchev–Trinajstić information content (AvgIpc) is 2.51. The quantitative estimate of drug-likeness (QED) is 0.872. The fourth-order valence-corrected chi connectivity index (χ4v) is 2.14. The minimum absolute atomic E-state index is 0.280. The third kappa shape index (κ3) is 5.83. The Morgan fingerprint density at radius 2 is 1.95 bits per heavy atom. The summed E-state index contributed by atoms with van der Waals surface area (Å²) in [6.45, 7) is 0.710. The SMILES string of the molecule is O=C(NCC=Cc1cccc(Br)c1)OCc1ccccc1. The summed E-state index contributed by atoms with van der Waals surface area (Å²) in [6.07, 6.45) is 3.41. The molecule has 108 valence electrons. The molecular weight excluding hydrogens is 330 g/mol. The molecule has 2 aromatic carbocycles. The Balaban J connectivity index is 1.69. The van der Waals surface area contributed by atoms with Crippen LogP contribution >= 0.6 is 15.9 Å². The molecule has 0 fully saturated rings. The van der Waals surface area contributed by atoms with Crippen LogP contribution < -0.4 is 5.32 Å². The fourth-order valence-electron chi connectivity index (χ4n) is 1.72. The van der Waals surface area contributed by atoms with Crippen molar-refractivity contribution in [3.8, 4) is 0 Å². The maximum absolute atomic E-state index is 11.5. The lowest BCUT2D eigenvalue weighted by molar-refractivity contribution is 0.141. The van der Waals surface area contributed by atoms with E-state index in [1.165, 1.54) is 0 Å². The van der Waals surface area contributed by atoms with Crippen molar-refractivity contribution in [2.75, 3.05) is 6.54 Å². The largest absolute Gasteiger partial charge is 0.445 e. The van der Waals surface area contributed by atoms with Crippen LogP contribution in [0, 0.1) is 0 Å². The Kier molecular flexibility index (Phi) is 6.03. The highest BCUT2D eigenvalue weighted by Crippen LogP contribution is 2.12. The van der Waals surface area contributed by atoms with Gasteiger partial charge in [0.2, 0.25) is 0 Å². The molecule has 0 heterocycles. The molecule has 0 unspecified atom stereocenters. The predicted octanol–water partition coefficient (Wildman–Crippen LogP) is 4.39. The van der Waals surface area contributed by atoms with Crippen molar-refractivity contribution in [2.24, 2.45) is 0 Å². The Bertz CT molecular complexity index is 611. The van der Waals surface area contributed by atoms with E-state index in [1.807, 2.05) is 66.7 Å². The van der Waals surface area contributed by atoms with Gasteiger partial charge in [0.15, 0.2) is 0 Å². The monoisotopic (exact) mass is 345 g/mol. The smallest absolute Gasteiger partial charge is 0.407 e. The predicted molar refractivity (Wildman–Crippen MR) is 87.8 cm³/mol. The maximum Gasteiger partial charge on any atom is 0.407 e. The van der Waals surface area contributed by atoms with Crippen LogP contribution in [0.25, 0.3) is 6.08 Å². The van der Waals surface area contributed by atoms with Crippen LogP contribution in [0.4, 0.5) is 4.79 Å². The normalized spacial score (nSPS) is 10.5. The number of nitrogens with one attached hydrogen (secondary N) is 1. The first-order valence-corrected chi connectivity index (χ1v) is 7.40. The average molecular weight is 346 g/mol. The third-order valence-electron chi connectivity index (χ3n) is 2.74. The van der Waals surface area contributed by atoms with Crippen molar-refractivity contribution >= 4 is 28.1 Å². The minimum Gasteiger partial charge on any atom is -0.445 e. The summed E-state index contributed by atoms with van der Waals surface area (Å²) in [5.74, 6) is 0. The number of alkyl carbamates (subject to hydrolysis) is 1. The van der Waals surface area contributed by atoms with Gasteiger partial charge >= 0.3 is 6.09 Å². The van der Waals surface area contributed by atoms with Gasteiger partial charge in [0.05, 0.1) is 0 Å². The van der Waals surface area contributed by atoms with Crippen LogP contribution in [0.3, 0.4) is 0 Å². The number of carbonyl (C=O) groups excluding carboxylic acids is 1. The molecule has 0 aliphatic carbocycles. The van der Waals surface area contributed by atoms with Crippen LogP contribution in [-0.2, 0) is 11.3 Å². The number of ether oxygens (including phenoxy) is 1. The summed E-state index contributed by atoms with van der Waals surface area (Å²) in [5.41, 5.74) is 2.04. The molecule has 0 aliphatic rings. The molecule has 0 spiro atoms. The zero-order valence-corrected chi connectivity index (χ0v) is 13.0. The number of amides is 1. The van der Waals surface area contributed by atoms with Gasteiger partial charge < -0.3 is 10.1 Å². The van der Waals surface area contributed by atoms with E-state index in [0.29, 0.717) is 6.54 Å². The number of benzene rings is 2. The number of carbonyl (C=O) groups is 1. The summed E-state index contributed by atoms with van der Waals surface area (Å²) >= 11 is 3.41. The molecule has 0 aliphatic heterocycles. The Hall–Kier alpha value is -2.07. The molecule has 0 saturated heterocycles. The van der Waals surface area contributed by atoms with Crippen LogP contribution in [0.1, 0.15) is 11.1 Å². The van der Waals surface area contributed by atoms with Gasteiger partial charge in [-0.25, -0.2) is 4.79 Å². The molecule has 2 aromatic rings. The van der Waals surface area contributed by atoms with E-state index in [1.54, 1.807) is 0 Å². The summed E-state index contributed by atoms with van der Waals surface area (Å²) in [7, 11) is 0. The fraction of sp³-hybridized carbons (Fsp3) is 0.118. The number of hydrogen-bond acceptors (Lipinski definition) is 2. The van der Waals surface area contributed by atoms with E-state index in [-0.39, 0.29) is 6.61 Å². The van der Waals surface area contributed by atoms with Gasteiger partial charge in [-0.2, -0.15) is 0 Å². The third-order valence-corrected chi connectivity index (χ3v) is 3.23. The first-order valence-electron chi connectivity index (χ1n) is 6.61. The van der Waals surface area contributed by atoms with Gasteiger partial charge in [-0.15, -0.1) is 0 Å². The molecule has 2 rings (SSSR count). The van der Waals surface area contributed by atoms with Crippen molar-refractivity contribution in [3.63, 3.8) is 0 Å². The number of halogens is 1. The highest BCUT2D eigenvalue weighted by atomic mass is 79.9. The number of rotatable bonds is 5. The highest BCUT2D eigenvalue weighted by molar-refractivity contribution is 9.10. The zero-order chi connectivity index (χ0) is 14.9. The topological polar surface area (TPSA) is 38.3 Å². The lowest BCUT2D eigenvalue weighted by atomic mass is 10.2. The van der Waals surface area contributed by atoms with E-state index >= 15 is 0 Å². The summed E-state index contributed by atoms with van der Waals surface area (Å²) in [5, 5.41) is 2.68. The molecule has 0 radical (unpaired) electrons.